The summed E-state index contributed by atoms with van der Waals surface area (Å²) in [6.45, 7) is 0.615. The number of aromatic nitrogens is 3. The standard InChI is InChI=1S/C12H21N5O2S/c1-19-10-3-2-8(6-9(10)13)11(18)14-4-5-20-12-15-7-16-17-12/h7-10H,2-6,13H2,1H3,(H,14,18)(H,15,16,17)/t8-,9+,10+/m0/s1. The van der Waals surface area contributed by atoms with Gasteiger partial charge in [-0.25, -0.2) is 4.98 Å². The first kappa shape index (κ1) is 15.3. The summed E-state index contributed by atoms with van der Waals surface area (Å²) in [5.41, 5.74) is 6.01. The van der Waals surface area contributed by atoms with E-state index in [1.165, 1.54) is 18.1 Å². The third-order valence-electron chi connectivity index (χ3n) is 3.54. The van der Waals surface area contributed by atoms with Gasteiger partial charge in [0.25, 0.3) is 0 Å². The van der Waals surface area contributed by atoms with Crippen LogP contribution in [0.15, 0.2) is 11.5 Å². The summed E-state index contributed by atoms with van der Waals surface area (Å²) in [5.74, 6) is 0.861. The van der Waals surface area contributed by atoms with Crippen molar-refractivity contribution in [2.45, 2.75) is 36.6 Å². The van der Waals surface area contributed by atoms with Crippen LogP contribution in [0, 0.1) is 5.92 Å². The molecule has 0 unspecified atom stereocenters. The maximum Gasteiger partial charge on any atom is 0.223 e. The minimum atomic E-state index is -0.0481. The summed E-state index contributed by atoms with van der Waals surface area (Å²) < 4.78 is 5.29. The minimum Gasteiger partial charge on any atom is -0.380 e. The predicted molar refractivity (Wildman–Crippen MR) is 76.2 cm³/mol. The van der Waals surface area contributed by atoms with E-state index in [0.29, 0.717) is 13.0 Å². The van der Waals surface area contributed by atoms with E-state index >= 15 is 0 Å². The number of carbonyl (C=O) groups is 1. The van der Waals surface area contributed by atoms with Gasteiger partial charge in [-0.15, -0.1) is 0 Å². The highest BCUT2D eigenvalue weighted by molar-refractivity contribution is 7.99. The van der Waals surface area contributed by atoms with E-state index in [1.807, 2.05) is 0 Å². The fourth-order valence-electron chi connectivity index (χ4n) is 2.44. The molecule has 2 rings (SSSR count). The molecule has 1 heterocycles. The van der Waals surface area contributed by atoms with Crippen LogP contribution in [0.4, 0.5) is 0 Å². The van der Waals surface area contributed by atoms with Gasteiger partial charge in [0.2, 0.25) is 5.91 Å². The van der Waals surface area contributed by atoms with E-state index in [2.05, 4.69) is 20.5 Å². The number of thioether (sulfide) groups is 1. The summed E-state index contributed by atoms with van der Waals surface area (Å²) in [6.07, 6.45) is 3.94. The van der Waals surface area contributed by atoms with Gasteiger partial charge in [-0.2, -0.15) is 5.10 Å². The monoisotopic (exact) mass is 299 g/mol. The van der Waals surface area contributed by atoms with Crippen LogP contribution in [0.3, 0.4) is 0 Å². The fourth-order valence-corrected chi connectivity index (χ4v) is 3.07. The molecule has 0 radical (unpaired) electrons. The highest BCUT2D eigenvalue weighted by Crippen LogP contribution is 2.25. The number of hydrogen-bond acceptors (Lipinski definition) is 6. The first-order valence-corrected chi connectivity index (χ1v) is 7.73. The average Bonchev–Trinajstić information content (AvgIpc) is 2.96. The molecular formula is C12H21N5O2S. The quantitative estimate of drug-likeness (QED) is 0.510. The molecule has 1 fully saturated rings. The number of nitrogens with two attached hydrogens (primary N) is 1. The molecule has 1 aromatic rings. The van der Waals surface area contributed by atoms with Crippen LogP contribution in [0.2, 0.25) is 0 Å². The molecule has 1 aliphatic carbocycles. The zero-order valence-corrected chi connectivity index (χ0v) is 12.4. The maximum atomic E-state index is 12.0. The zero-order chi connectivity index (χ0) is 14.4. The Bertz CT molecular complexity index is 414. The van der Waals surface area contributed by atoms with Gasteiger partial charge < -0.3 is 15.8 Å². The van der Waals surface area contributed by atoms with E-state index in [9.17, 15) is 4.79 Å². The van der Waals surface area contributed by atoms with Crippen LogP contribution in [0.5, 0.6) is 0 Å². The Morgan fingerprint density at radius 1 is 1.65 bits per heavy atom. The Kier molecular flexibility index (Phi) is 5.81. The van der Waals surface area contributed by atoms with Gasteiger partial charge >= 0.3 is 0 Å². The van der Waals surface area contributed by atoms with Gasteiger partial charge in [0, 0.05) is 31.4 Å². The number of rotatable bonds is 6. The topological polar surface area (TPSA) is 106 Å². The molecule has 8 heteroatoms. The molecular weight excluding hydrogens is 278 g/mol. The molecule has 1 aliphatic rings. The average molecular weight is 299 g/mol. The van der Waals surface area contributed by atoms with Crippen LogP contribution in [0.1, 0.15) is 19.3 Å². The molecule has 0 bridgehead atoms. The molecule has 112 valence electrons. The molecule has 0 spiro atoms. The van der Waals surface area contributed by atoms with Gasteiger partial charge in [-0.1, -0.05) is 11.8 Å². The van der Waals surface area contributed by atoms with Crippen molar-refractivity contribution in [2.75, 3.05) is 19.4 Å². The molecule has 7 nitrogen and oxygen atoms in total. The lowest BCUT2D eigenvalue weighted by molar-refractivity contribution is -0.127. The second-order valence-electron chi connectivity index (χ2n) is 4.88. The number of nitrogens with one attached hydrogen (secondary N) is 2. The Balaban J connectivity index is 1.65. The van der Waals surface area contributed by atoms with Crippen molar-refractivity contribution < 1.29 is 9.53 Å². The van der Waals surface area contributed by atoms with Crippen molar-refractivity contribution in [1.82, 2.24) is 20.5 Å². The number of H-pyrrole nitrogens is 1. The van der Waals surface area contributed by atoms with Gasteiger partial charge in [0.05, 0.1) is 6.10 Å². The van der Waals surface area contributed by atoms with Crippen LogP contribution in [-0.4, -0.2) is 52.6 Å². The summed E-state index contributed by atoms with van der Waals surface area (Å²) >= 11 is 1.53. The second kappa shape index (κ2) is 7.61. The second-order valence-corrected chi connectivity index (χ2v) is 5.96. The third kappa shape index (κ3) is 4.19. The van der Waals surface area contributed by atoms with E-state index in [4.69, 9.17) is 10.5 Å². The van der Waals surface area contributed by atoms with E-state index in [0.717, 1.165) is 23.8 Å². The fraction of sp³-hybridized carbons (Fsp3) is 0.750. The number of nitrogens with zero attached hydrogens (tertiary/aromatic N) is 2. The number of hydrogen-bond donors (Lipinski definition) is 3. The third-order valence-corrected chi connectivity index (χ3v) is 4.42. The van der Waals surface area contributed by atoms with Gasteiger partial charge in [-0.3, -0.25) is 9.89 Å². The SMILES string of the molecule is CO[C@@H]1CC[C@H](C(=O)NCCSc2ncn[nH]2)C[C@H]1N. The normalized spacial score (nSPS) is 26.4. The number of aromatic amines is 1. The van der Waals surface area contributed by atoms with Crippen molar-refractivity contribution in [3.63, 3.8) is 0 Å². The summed E-state index contributed by atoms with van der Waals surface area (Å²) in [4.78, 5) is 16.1. The first-order chi connectivity index (χ1) is 9.70. The van der Waals surface area contributed by atoms with Crippen molar-refractivity contribution in [1.29, 1.82) is 0 Å². The molecule has 0 aliphatic heterocycles. The summed E-state index contributed by atoms with van der Waals surface area (Å²) in [7, 11) is 1.67. The van der Waals surface area contributed by atoms with E-state index in [-0.39, 0.29) is 24.0 Å². The van der Waals surface area contributed by atoms with Gasteiger partial charge in [-0.05, 0) is 19.3 Å². The van der Waals surface area contributed by atoms with Gasteiger partial charge in [0.1, 0.15) is 6.33 Å². The highest BCUT2D eigenvalue weighted by Gasteiger charge is 2.31. The number of ether oxygens (including phenoxy) is 1. The molecule has 0 aromatic carbocycles. The zero-order valence-electron chi connectivity index (χ0n) is 11.5. The smallest absolute Gasteiger partial charge is 0.223 e. The lowest BCUT2D eigenvalue weighted by atomic mass is 9.83. The van der Waals surface area contributed by atoms with E-state index < -0.39 is 0 Å². The van der Waals surface area contributed by atoms with Crippen LogP contribution in [-0.2, 0) is 9.53 Å². The Morgan fingerprint density at radius 3 is 3.15 bits per heavy atom. The van der Waals surface area contributed by atoms with Crippen LogP contribution in [0.25, 0.3) is 0 Å². The van der Waals surface area contributed by atoms with E-state index in [1.54, 1.807) is 7.11 Å². The largest absolute Gasteiger partial charge is 0.380 e. The van der Waals surface area contributed by atoms with Crippen molar-refractivity contribution >= 4 is 17.7 Å². The summed E-state index contributed by atoms with van der Waals surface area (Å²) in [6, 6.07) is -0.0481. The van der Waals surface area contributed by atoms with Crippen LogP contribution >= 0.6 is 11.8 Å². The minimum absolute atomic E-state index is 0.00618. The number of carbonyl (C=O) groups excluding carboxylic acids is 1. The van der Waals surface area contributed by atoms with Crippen molar-refractivity contribution in [2.24, 2.45) is 11.7 Å². The number of methoxy groups -OCH3 is 1. The van der Waals surface area contributed by atoms with Gasteiger partial charge in [0.15, 0.2) is 5.16 Å². The molecule has 1 saturated carbocycles. The number of amides is 1. The van der Waals surface area contributed by atoms with Crippen molar-refractivity contribution in [3.05, 3.63) is 6.33 Å². The van der Waals surface area contributed by atoms with Crippen LogP contribution < -0.4 is 11.1 Å². The lowest BCUT2D eigenvalue weighted by Crippen LogP contribution is -2.45. The van der Waals surface area contributed by atoms with Crippen molar-refractivity contribution in [3.8, 4) is 0 Å². The highest BCUT2D eigenvalue weighted by atomic mass is 32.2. The molecule has 20 heavy (non-hydrogen) atoms. The Morgan fingerprint density at radius 2 is 2.50 bits per heavy atom. The molecule has 0 saturated heterocycles. The Labute approximate surface area is 122 Å². The lowest BCUT2D eigenvalue weighted by Gasteiger charge is -2.32. The maximum absolute atomic E-state index is 12.0. The Hall–Kier alpha value is -1.12. The first-order valence-electron chi connectivity index (χ1n) is 6.75. The predicted octanol–water partition coefficient (Wildman–Crippen LogP) is 0.155. The summed E-state index contributed by atoms with van der Waals surface area (Å²) in [5, 5.41) is 10.2. The molecule has 3 atom stereocenters. The molecule has 4 N–H and O–H groups in total. The molecule has 1 aromatic heterocycles. The molecule has 1 amide bonds.